The largest absolute Gasteiger partial charge is 0.472 e. The SMILES string of the molecule is CCCCCCCCCCCCCCCCCCC(O)CC(=O)NC(COP(=O)(O)OCCN)C(O)CCCCCCCCCC. The number of aliphatic hydroxyl groups is 2. The van der Waals surface area contributed by atoms with Crippen molar-refractivity contribution in [2.45, 2.75) is 205 Å². The summed E-state index contributed by atoms with van der Waals surface area (Å²) in [6, 6.07) is -0.887. The summed E-state index contributed by atoms with van der Waals surface area (Å²) < 4.78 is 22.0. The summed E-state index contributed by atoms with van der Waals surface area (Å²) in [6.07, 6.45) is 28.7. The van der Waals surface area contributed by atoms with E-state index in [9.17, 15) is 24.5 Å². The number of phosphoric ester groups is 1. The topological polar surface area (TPSA) is 151 Å². The minimum atomic E-state index is -4.36. The Labute approximate surface area is 283 Å². The Bertz CT molecular complexity index is 716. The van der Waals surface area contributed by atoms with Gasteiger partial charge in [-0.1, -0.05) is 168 Å². The highest BCUT2D eigenvalue weighted by Crippen LogP contribution is 2.43. The van der Waals surface area contributed by atoms with Crippen LogP contribution in [0.5, 0.6) is 0 Å². The lowest BCUT2D eigenvalue weighted by Gasteiger charge is -2.25. The molecular weight excluding hydrogens is 603 g/mol. The van der Waals surface area contributed by atoms with Gasteiger partial charge in [-0.2, -0.15) is 0 Å². The zero-order chi connectivity index (χ0) is 34.1. The third kappa shape index (κ3) is 30.8. The number of carbonyl (C=O) groups is 1. The van der Waals surface area contributed by atoms with Crippen molar-refractivity contribution in [3.63, 3.8) is 0 Å². The molecule has 46 heavy (non-hydrogen) atoms. The molecule has 4 atom stereocenters. The van der Waals surface area contributed by atoms with Crippen molar-refractivity contribution >= 4 is 13.7 Å². The van der Waals surface area contributed by atoms with Crippen LogP contribution in [0.1, 0.15) is 187 Å². The molecule has 0 aliphatic carbocycles. The molecule has 10 heteroatoms. The number of unbranched alkanes of at least 4 members (excludes halogenated alkanes) is 22. The van der Waals surface area contributed by atoms with Gasteiger partial charge < -0.3 is 26.2 Å². The maximum Gasteiger partial charge on any atom is 0.472 e. The van der Waals surface area contributed by atoms with Gasteiger partial charge in [0.1, 0.15) is 0 Å². The van der Waals surface area contributed by atoms with E-state index in [4.69, 9.17) is 14.8 Å². The minimum Gasteiger partial charge on any atom is -0.393 e. The highest BCUT2D eigenvalue weighted by Gasteiger charge is 2.28. The van der Waals surface area contributed by atoms with Crippen LogP contribution >= 0.6 is 7.82 Å². The Balaban J connectivity index is 4.22. The maximum atomic E-state index is 12.7. The molecule has 0 fully saturated rings. The first-order valence-electron chi connectivity index (χ1n) is 19.2. The summed E-state index contributed by atoms with van der Waals surface area (Å²) in [5, 5.41) is 24.0. The lowest BCUT2D eigenvalue weighted by atomic mass is 10.0. The number of hydrogen-bond acceptors (Lipinski definition) is 7. The number of hydrogen-bond donors (Lipinski definition) is 5. The molecule has 0 aromatic rings. The van der Waals surface area contributed by atoms with E-state index in [-0.39, 0.29) is 26.2 Å². The van der Waals surface area contributed by atoms with Crippen molar-refractivity contribution in [3.8, 4) is 0 Å². The molecule has 276 valence electrons. The van der Waals surface area contributed by atoms with Crippen LogP contribution in [-0.2, 0) is 18.4 Å². The molecular formula is C36H75N2O7P. The lowest BCUT2D eigenvalue weighted by molar-refractivity contribution is -0.125. The molecule has 0 saturated heterocycles. The van der Waals surface area contributed by atoms with Crippen LogP contribution < -0.4 is 11.1 Å². The average molecular weight is 679 g/mol. The van der Waals surface area contributed by atoms with E-state index < -0.39 is 32.0 Å². The summed E-state index contributed by atoms with van der Waals surface area (Å²) in [5.41, 5.74) is 5.34. The van der Waals surface area contributed by atoms with Gasteiger partial charge in [0.05, 0.1) is 37.9 Å². The lowest BCUT2D eigenvalue weighted by Crippen LogP contribution is -2.47. The predicted octanol–water partition coefficient (Wildman–Crippen LogP) is 8.86. The van der Waals surface area contributed by atoms with Gasteiger partial charge in [0, 0.05) is 6.54 Å². The van der Waals surface area contributed by atoms with E-state index >= 15 is 0 Å². The fourth-order valence-corrected chi connectivity index (χ4v) is 6.59. The number of nitrogens with one attached hydrogen (secondary N) is 1. The summed E-state index contributed by atoms with van der Waals surface area (Å²) in [7, 11) is -4.36. The molecule has 1 amide bonds. The van der Waals surface area contributed by atoms with E-state index in [1.807, 2.05) is 0 Å². The molecule has 0 aromatic carbocycles. The standard InChI is InChI=1S/C36H75N2O7P/c1-3-5-7-9-11-13-14-15-16-17-18-19-20-21-23-25-27-33(39)31-36(41)38-34(32-45-46(42,43)44-30-29-37)35(40)28-26-24-22-12-10-8-6-4-2/h33-35,39-40H,3-32,37H2,1-2H3,(H,38,41)(H,42,43). The van der Waals surface area contributed by atoms with Crippen LogP contribution in [-0.4, -0.2) is 59.0 Å². The summed E-state index contributed by atoms with van der Waals surface area (Å²) in [6.45, 7) is 4.00. The molecule has 0 radical (unpaired) electrons. The van der Waals surface area contributed by atoms with E-state index in [1.165, 1.54) is 116 Å². The van der Waals surface area contributed by atoms with Gasteiger partial charge in [0.25, 0.3) is 0 Å². The van der Waals surface area contributed by atoms with Crippen LogP contribution in [0.3, 0.4) is 0 Å². The highest BCUT2D eigenvalue weighted by molar-refractivity contribution is 7.47. The first kappa shape index (κ1) is 45.5. The average Bonchev–Trinajstić information content (AvgIpc) is 3.03. The van der Waals surface area contributed by atoms with Crippen molar-refractivity contribution in [2.75, 3.05) is 19.8 Å². The predicted molar refractivity (Wildman–Crippen MR) is 191 cm³/mol. The van der Waals surface area contributed by atoms with Crippen molar-refractivity contribution in [1.82, 2.24) is 5.32 Å². The Morgan fingerprint density at radius 1 is 0.652 bits per heavy atom. The van der Waals surface area contributed by atoms with Gasteiger partial charge in [-0.05, 0) is 12.8 Å². The highest BCUT2D eigenvalue weighted by atomic mass is 31.2. The number of rotatable bonds is 36. The second-order valence-electron chi connectivity index (χ2n) is 13.3. The number of aliphatic hydroxyl groups excluding tert-OH is 2. The Morgan fingerprint density at radius 3 is 1.46 bits per heavy atom. The monoisotopic (exact) mass is 679 g/mol. The van der Waals surface area contributed by atoms with Crippen LogP contribution in [0.15, 0.2) is 0 Å². The van der Waals surface area contributed by atoms with E-state index in [1.54, 1.807) is 0 Å². The molecule has 0 heterocycles. The summed E-state index contributed by atoms with van der Waals surface area (Å²) in [5.74, 6) is -0.414. The molecule has 0 aliphatic rings. The Hall–Kier alpha value is -0.540. The minimum absolute atomic E-state index is 0.0619. The normalized spacial score (nSPS) is 15.0. The first-order valence-corrected chi connectivity index (χ1v) is 20.7. The van der Waals surface area contributed by atoms with E-state index in [2.05, 4.69) is 19.2 Å². The van der Waals surface area contributed by atoms with Gasteiger partial charge in [-0.3, -0.25) is 13.8 Å². The van der Waals surface area contributed by atoms with Crippen molar-refractivity contribution in [3.05, 3.63) is 0 Å². The van der Waals surface area contributed by atoms with Gasteiger partial charge in [0.15, 0.2) is 0 Å². The molecule has 9 nitrogen and oxygen atoms in total. The van der Waals surface area contributed by atoms with Crippen molar-refractivity contribution < 1.29 is 33.5 Å². The summed E-state index contributed by atoms with van der Waals surface area (Å²) in [4.78, 5) is 22.6. The third-order valence-corrected chi connectivity index (χ3v) is 9.75. The van der Waals surface area contributed by atoms with E-state index in [0.29, 0.717) is 12.8 Å². The quantitative estimate of drug-likeness (QED) is 0.0326. The van der Waals surface area contributed by atoms with Gasteiger partial charge in [-0.15, -0.1) is 0 Å². The van der Waals surface area contributed by atoms with Crippen LogP contribution in [0.4, 0.5) is 0 Å². The van der Waals surface area contributed by atoms with Crippen LogP contribution in [0.25, 0.3) is 0 Å². The molecule has 0 aromatic heterocycles. The van der Waals surface area contributed by atoms with E-state index in [0.717, 1.165) is 38.5 Å². The third-order valence-electron chi connectivity index (χ3n) is 8.77. The summed E-state index contributed by atoms with van der Waals surface area (Å²) >= 11 is 0. The van der Waals surface area contributed by atoms with Gasteiger partial charge in [0.2, 0.25) is 5.91 Å². The molecule has 0 aliphatic heterocycles. The number of amides is 1. The zero-order valence-corrected chi connectivity index (χ0v) is 30.8. The fourth-order valence-electron chi connectivity index (χ4n) is 5.83. The smallest absolute Gasteiger partial charge is 0.393 e. The van der Waals surface area contributed by atoms with Gasteiger partial charge in [-0.25, -0.2) is 4.57 Å². The fraction of sp³-hybridized carbons (Fsp3) is 0.972. The first-order chi connectivity index (χ1) is 22.3. The number of phosphoric acid groups is 1. The van der Waals surface area contributed by atoms with Crippen LogP contribution in [0.2, 0.25) is 0 Å². The second kappa shape index (κ2) is 33.0. The zero-order valence-electron chi connectivity index (χ0n) is 29.9. The molecule has 0 rings (SSSR count). The Kier molecular flexibility index (Phi) is 32.6. The number of carbonyl (C=O) groups excluding carboxylic acids is 1. The maximum absolute atomic E-state index is 12.7. The molecule has 0 saturated carbocycles. The molecule has 0 spiro atoms. The molecule has 6 N–H and O–H groups in total. The van der Waals surface area contributed by atoms with Crippen molar-refractivity contribution in [2.24, 2.45) is 5.73 Å². The Morgan fingerprint density at radius 2 is 1.04 bits per heavy atom. The van der Waals surface area contributed by atoms with Gasteiger partial charge >= 0.3 is 7.82 Å². The second-order valence-corrected chi connectivity index (χ2v) is 14.8. The molecule has 4 unspecified atom stereocenters. The van der Waals surface area contributed by atoms with Crippen LogP contribution in [0, 0.1) is 0 Å². The van der Waals surface area contributed by atoms with Crippen molar-refractivity contribution in [1.29, 1.82) is 0 Å². The molecule has 0 bridgehead atoms. The number of nitrogens with two attached hydrogens (primary N) is 1.